The molecule has 3 aromatic carbocycles. The summed E-state index contributed by atoms with van der Waals surface area (Å²) in [5, 5.41) is 3.29. The summed E-state index contributed by atoms with van der Waals surface area (Å²) < 4.78 is 45.4. The number of anilines is 1. The lowest BCUT2D eigenvalue weighted by Gasteiger charge is -2.51. The predicted molar refractivity (Wildman–Crippen MR) is 137 cm³/mol. The van der Waals surface area contributed by atoms with Crippen LogP contribution in [0.1, 0.15) is 40.4 Å². The van der Waals surface area contributed by atoms with Crippen molar-refractivity contribution in [3.63, 3.8) is 0 Å². The predicted octanol–water partition coefficient (Wildman–Crippen LogP) is 2.90. The standard InChI is InChI=1S/C30H30F3N2O3.BrH/c31-30(32,33)24-13-11-21(12-14-24)26(36)19-35-17-15-22(16-18-35)27(20-35)38-29(37)28(23-7-3-1-4-8-23)34-25-9-5-2-6-10-25;/h1-14,22,27-28,34H,15-20H2;1H/q+1;/p-1/t22?,27-,28+,35?;/m0./s1. The van der Waals surface area contributed by atoms with E-state index in [0.29, 0.717) is 11.0 Å². The maximum atomic E-state index is 13.5. The van der Waals surface area contributed by atoms with Crippen molar-refractivity contribution in [3.8, 4) is 0 Å². The zero-order valence-electron chi connectivity index (χ0n) is 21.2. The summed E-state index contributed by atoms with van der Waals surface area (Å²) in [6.07, 6.45) is -3.10. The molecule has 3 fully saturated rings. The Hall–Kier alpha value is -3.17. The molecule has 5 nitrogen and oxygen atoms in total. The van der Waals surface area contributed by atoms with Crippen LogP contribution < -0.4 is 22.3 Å². The van der Waals surface area contributed by atoms with E-state index in [2.05, 4.69) is 5.32 Å². The van der Waals surface area contributed by atoms with Gasteiger partial charge in [0.25, 0.3) is 0 Å². The first-order valence-electron chi connectivity index (χ1n) is 12.9. The fraction of sp³-hybridized carbons (Fsp3) is 0.333. The molecule has 0 radical (unpaired) electrons. The maximum Gasteiger partial charge on any atom is 0.416 e. The number of carbonyl (C=O) groups excluding carboxylic acids is 2. The number of esters is 1. The summed E-state index contributed by atoms with van der Waals surface area (Å²) >= 11 is 0. The van der Waals surface area contributed by atoms with Gasteiger partial charge in [0, 0.05) is 30.0 Å². The SMILES string of the molecule is O=C(C[N+]12CCC(CC1)[C@@H](OC(=O)[C@H](Nc1ccccc1)c1ccccc1)C2)c1ccc(C(F)(F)F)cc1.[Br-]. The number of ketones is 1. The summed E-state index contributed by atoms with van der Waals surface area (Å²) in [6.45, 7) is 2.27. The van der Waals surface area contributed by atoms with Crippen molar-refractivity contribution in [1.29, 1.82) is 0 Å². The molecule has 0 amide bonds. The molecule has 206 valence electrons. The lowest BCUT2D eigenvalue weighted by atomic mass is 9.82. The topological polar surface area (TPSA) is 55.4 Å². The Morgan fingerprint density at radius 3 is 2.08 bits per heavy atom. The number of ether oxygens (including phenoxy) is 1. The van der Waals surface area contributed by atoms with Crippen LogP contribution in [0.4, 0.5) is 18.9 Å². The number of para-hydroxylation sites is 1. The third-order valence-corrected chi connectivity index (χ3v) is 7.78. The number of nitrogens with zero attached hydrogens (tertiary/aromatic N) is 1. The van der Waals surface area contributed by atoms with Gasteiger partial charge in [-0.25, -0.2) is 4.79 Å². The van der Waals surface area contributed by atoms with Gasteiger partial charge in [-0.2, -0.15) is 13.2 Å². The van der Waals surface area contributed by atoms with E-state index in [9.17, 15) is 22.8 Å². The largest absolute Gasteiger partial charge is 1.00 e. The molecule has 0 spiro atoms. The lowest BCUT2D eigenvalue weighted by molar-refractivity contribution is -0.938. The summed E-state index contributed by atoms with van der Waals surface area (Å²) in [6, 6.07) is 22.6. The molecule has 39 heavy (non-hydrogen) atoms. The van der Waals surface area contributed by atoms with Gasteiger partial charge in [0.15, 0.2) is 12.1 Å². The zero-order valence-corrected chi connectivity index (χ0v) is 22.8. The van der Waals surface area contributed by atoms with Gasteiger partial charge in [-0.1, -0.05) is 60.7 Å². The van der Waals surface area contributed by atoms with Crippen molar-refractivity contribution in [2.75, 3.05) is 31.5 Å². The van der Waals surface area contributed by atoms with E-state index in [0.717, 1.165) is 49.3 Å². The molecule has 6 rings (SSSR count). The molecule has 3 aliphatic heterocycles. The first-order valence-corrected chi connectivity index (χ1v) is 12.9. The lowest BCUT2D eigenvalue weighted by Crippen LogP contribution is -3.00. The zero-order chi connectivity index (χ0) is 26.8. The van der Waals surface area contributed by atoms with Gasteiger partial charge >= 0.3 is 12.1 Å². The van der Waals surface area contributed by atoms with Gasteiger partial charge in [-0.15, -0.1) is 0 Å². The second-order valence-electron chi connectivity index (χ2n) is 10.3. The molecule has 0 saturated carbocycles. The summed E-state index contributed by atoms with van der Waals surface area (Å²) in [4.78, 5) is 26.6. The fourth-order valence-corrected chi connectivity index (χ4v) is 5.66. The first kappa shape index (κ1) is 28.8. The van der Waals surface area contributed by atoms with E-state index in [1.807, 2.05) is 60.7 Å². The van der Waals surface area contributed by atoms with Crippen LogP contribution in [0.2, 0.25) is 0 Å². The van der Waals surface area contributed by atoms with Crippen molar-refractivity contribution in [1.82, 2.24) is 0 Å². The van der Waals surface area contributed by atoms with Crippen molar-refractivity contribution in [2.45, 2.75) is 31.2 Å². The minimum Gasteiger partial charge on any atom is -1.00 e. The molecular weight excluding hydrogens is 573 g/mol. The average molecular weight is 603 g/mol. The highest BCUT2D eigenvalue weighted by Crippen LogP contribution is 2.37. The summed E-state index contributed by atoms with van der Waals surface area (Å²) in [7, 11) is 0. The molecule has 3 aliphatic rings. The quantitative estimate of drug-likeness (QED) is 0.245. The molecule has 0 aliphatic carbocycles. The van der Waals surface area contributed by atoms with Gasteiger partial charge in [0.05, 0.1) is 18.7 Å². The van der Waals surface area contributed by atoms with Gasteiger partial charge in [-0.05, 0) is 29.8 Å². The second-order valence-corrected chi connectivity index (χ2v) is 10.3. The summed E-state index contributed by atoms with van der Waals surface area (Å²) in [5.41, 5.74) is 1.09. The molecule has 2 bridgehead atoms. The number of halogens is 4. The van der Waals surface area contributed by atoms with Gasteiger partial charge in [0.1, 0.15) is 13.1 Å². The number of fused-ring (bicyclic) bond motifs is 3. The van der Waals surface area contributed by atoms with Crippen LogP contribution in [-0.4, -0.2) is 48.5 Å². The summed E-state index contributed by atoms with van der Waals surface area (Å²) in [5.74, 6) is -0.337. The van der Waals surface area contributed by atoms with Crippen LogP contribution in [0.25, 0.3) is 0 Å². The molecular formula is C30H30BrF3N2O3. The smallest absolute Gasteiger partial charge is 0.416 e. The van der Waals surface area contributed by atoms with Crippen molar-refractivity contribution < 1.29 is 49.0 Å². The Kier molecular flexibility index (Phi) is 8.81. The Bertz CT molecular complexity index is 1260. The fourth-order valence-electron chi connectivity index (χ4n) is 5.66. The molecule has 1 N–H and O–H groups in total. The number of nitrogens with one attached hydrogen (secondary N) is 1. The molecule has 3 saturated heterocycles. The third-order valence-electron chi connectivity index (χ3n) is 7.78. The number of benzene rings is 3. The molecule has 0 unspecified atom stereocenters. The Morgan fingerprint density at radius 2 is 1.49 bits per heavy atom. The second kappa shape index (κ2) is 11.9. The average Bonchev–Trinajstić information content (AvgIpc) is 2.93. The van der Waals surface area contributed by atoms with Gasteiger partial charge in [-0.3, -0.25) is 4.79 Å². The molecule has 2 atom stereocenters. The van der Waals surface area contributed by atoms with Gasteiger partial charge < -0.3 is 31.5 Å². The molecule has 9 heteroatoms. The van der Waals surface area contributed by atoms with E-state index in [1.165, 1.54) is 12.1 Å². The highest BCUT2D eigenvalue weighted by atomic mass is 79.9. The van der Waals surface area contributed by atoms with Crippen LogP contribution in [0.5, 0.6) is 0 Å². The Labute approximate surface area is 236 Å². The van der Waals surface area contributed by atoms with Crippen LogP contribution in [0.3, 0.4) is 0 Å². The van der Waals surface area contributed by atoms with Gasteiger partial charge in [0.2, 0.25) is 5.78 Å². The van der Waals surface area contributed by atoms with Crippen LogP contribution in [0, 0.1) is 5.92 Å². The molecule has 0 aromatic heterocycles. The highest BCUT2D eigenvalue weighted by molar-refractivity contribution is 5.97. The van der Waals surface area contributed by atoms with Crippen molar-refractivity contribution >= 4 is 17.4 Å². The van der Waals surface area contributed by atoms with E-state index >= 15 is 0 Å². The van der Waals surface area contributed by atoms with E-state index in [4.69, 9.17) is 4.74 Å². The van der Waals surface area contributed by atoms with E-state index in [1.54, 1.807) is 0 Å². The van der Waals surface area contributed by atoms with Crippen LogP contribution >= 0.6 is 0 Å². The number of hydrogen-bond acceptors (Lipinski definition) is 4. The number of alkyl halides is 3. The number of piperidine rings is 3. The number of carbonyl (C=O) groups is 2. The number of Topliss-reactive ketones (excluding diaryl/α,β-unsaturated/α-hetero) is 1. The van der Waals surface area contributed by atoms with Crippen molar-refractivity contribution in [3.05, 3.63) is 102 Å². The minimum atomic E-state index is -4.44. The minimum absolute atomic E-state index is 0. The third kappa shape index (κ3) is 6.70. The maximum absolute atomic E-state index is 13.5. The molecule has 3 heterocycles. The van der Waals surface area contributed by atoms with Crippen LogP contribution in [-0.2, 0) is 15.7 Å². The number of hydrogen-bond donors (Lipinski definition) is 1. The monoisotopic (exact) mass is 602 g/mol. The Morgan fingerprint density at radius 1 is 0.897 bits per heavy atom. The highest BCUT2D eigenvalue weighted by Gasteiger charge is 2.49. The molecule has 3 aromatic rings. The Balaban J connectivity index is 0.00000353. The van der Waals surface area contributed by atoms with Crippen LogP contribution in [0.15, 0.2) is 84.9 Å². The normalized spacial score (nSPS) is 22.8. The van der Waals surface area contributed by atoms with E-state index in [-0.39, 0.29) is 52.9 Å². The van der Waals surface area contributed by atoms with Crippen molar-refractivity contribution in [2.24, 2.45) is 5.92 Å². The number of rotatable bonds is 8. The number of quaternary nitrogens is 1. The van der Waals surface area contributed by atoms with E-state index < -0.39 is 17.8 Å². The first-order chi connectivity index (χ1) is 18.2.